The zero-order valence-corrected chi connectivity index (χ0v) is 11.3. The summed E-state index contributed by atoms with van der Waals surface area (Å²) in [5, 5.41) is 6.40. The van der Waals surface area contributed by atoms with Gasteiger partial charge in [-0.1, -0.05) is 12.1 Å². The van der Waals surface area contributed by atoms with Crippen molar-refractivity contribution >= 4 is 27.4 Å². The Labute approximate surface area is 119 Å². The number of fused-ring (bicyclic) bond motifs is 2. The Morgan fingerprint density at radius 1 is 1.20 bits per heavy atom. The number of benzene rings is 1. The van der Waals surface area contributed by atoms with Gasteiger partial charge in [0, 0.05) is 12.1 Å². The monoisotopic (exact) mass is 285 g/mol. The lowest BCUT2D eigenvalue weighted by Gasteiger charge is -2.08. The van der Waals surface area contributed by atoms with Crippen LogP contribution in [-0.2, 0) is 6.54 Å². The van der Waals surface area contributed by atoms with E-state index in [9.17, 15) is 0 Å². The lowest BCUT2D eigenvalue weighted by molar-refractivity contribution is 0.173. The molecular weight excluding hydrogens is 274 g/mol. The third-order valence-corrected chi connectivity index (χ3v) is 4.01. The number of hydrogen-bond donors (Lipinski definition) is 1. The van der Waals surface area contributed by atoms with Gasteiger partial charge in [-0.25, -0.2) is 9.97 Å². The SMILES string of the molecule is c1cc(CNc2ncnc3sccc23)c2c(c1)OCO2. The lowest BCUT2D eigenvalue weighted by Crippen LogP contribution is -2.03. The number of anilines is 1. The van der Waals surface area contributed by atoms with Gasteiger partial charge in [0.15, 0.2) is 11.5 Å². The summed E-state index contributed by atoms with van der Waals surface area (Å²) in [6.45, 7) is 0.920. The first kappa shape index (κ1) is 11.5. The zero-order chi connectivity index (χ0) is 13.4. The van der Waals surface area contributed by atoms with Crippen molar-refractivity contribution in [2.75, 3.05) is 12.1 Å². The third kappa shape index (κ3) is 1.85. The molecule has 20 heavy (non-hydrogen) atoms. The summed E-state index contributed by atoms with van der Waals surface area (Å²) in [6.07, 6.45) is 1.58. The van der Waals surface area contributed by atoms with Crippen molar-refractivity contribution in [3.8, 4) is 11.5 Å². The number of aromatic nitrogens is 2. The van der Waals surface area contributed by atoms with E-state index in [1.165, 1.54) is 0 Å². The number of thiophene rings is 1. The van der Waals surface area contributed by atoms with Crippen molar-refractivity contribution in [3.63, 3.8) is 0 Å². The quantitative estimate of drug-likeness (QED) is 0.801. The Hall–Kier alpha value is -2.34. The molecule has 4 rings (SSSR count). The van der Waals surface area contributed by atoms with E-state index in [4.69, 9.17) is 9.47 Å². The van der Waals surface area contributed by atoms with Gasteiger partial charge < -0.3 is 14.8 Å². The molecule has 6 heteroatoms. The minimum absolute atomic E-state index is 0.286. The number of hydrogen-bond acceptors (Lipinski definition) is 6. The van der Waals surface area contributed by atoms with Crippen LogP contribution in [0.1, 0.15) is 5.56 Å². The normalized spacial score (nSPS) is 12.8. The predicted molar refractivity (Wildman–Crippen MR) is 77.3 cm³/mol. The molecule has 3 aromatic rings. The minimum Gasteiger partial charge on any atom is -0.454 e. The fourth-order valence-electron chi connectivity index (χ4n) is 2.24. The highest BCUT2D eigenvalue weighted by atomic mass is 32.1. The molecule has 0 amide bonds. The highest BCUT2D eigenvalue weighted by Crippen LogP contribution is 2.35. The molecular formula is C14H11N3O2S. The fourth-order valence-corrected chi connectivity index (χ4v) is 2.97. The second kappa shape index (κ2) is 4.64. The molecule has 5 nitrogen and oxygen atoms in total. The summed E-state index contributed by atoms with van der Waals surface area (Å²) in [6, 6.07) is 7.92. The number of rotatable bonds is 3. The standard InChI is InChI=1S/C14H11N3O2S/c1-2-9(12-11(3-1)18-8-19-12)6-15-13-10-4-5-20-14(10)17-7-16-13/h1-5,7H,6,8H2,(H,15,16,17). The van der Waals surface area contributed by atoms with Crippen LogP contribution in [0.5, 0.6) is 11.5 Å². The van der Waals surface area contributed by atoms with Crippen LogP contribution in [0.2, 0.25) is 0 Å². The molecule has 0 aliphatic carbocycles. The first-order chi connectivity index (χ1) is 9.92. The summed E-state index contributed by atoms with van der Waals surface area (Å²) in [5.74, 6) is 2.45. The van der Waals surface area contributed by atoms with Gasteiger partial charge in [0.2, 0.25) is 6.79 Å². The Morgan fingerprint density at radius 2 is 2.20 bits per heavy atom. The van der Waals surface area contributed by atoms with Crippen molar-refractivity contribution in [2.24, 2.45) is 0 Å². The van der Waals surface area contributed by atoms with E-state index in [0.717, 1.165) is 33.1 Å². The lowest BCUT2D eigenvalue weighted by atomic mass is 10.2. The molecule has 2 aromatic heterocycles. The van der Waals surface area contributed by atoms with Gasteiger partial charge in [0.05, 0.1) is 5.39 Å². The van der Waals surface area contributed by atoms with E-state index in [1.807, 2.05) is 29.6 Å². The third-order valence-electron chi connectivity index (χ3n) is 3.19. The maximum absolute atomic E-state index is 5.50. The van der Waals surface area contributed by atoms with Crippen molar-refractivity contribution in [1.29, 1.82) is 0 Å². The van der Waals surface area contributed by atoms with Crippen molar-refractivity contribution in [3.05, 3.63) is 41.5 Å². The van der Waals surface area contributed by atoms with Crippen LogP contribution in [0.25, 0.3) is 10.2 Å². The zero-order valence-electron chi connectivity index (χ0n) is 10.5. The first-order valence-electron chi connectivity index (χ1n) is 6.21. The number of ether oxygens (including phenoxy) is 2. The number of nitrogens with zero attached hydrogens (tertiary/aromatic N) is 2. The van der Waals surface area contributed by atoms with E-state index in [1.54, 1.807) is 17.7 Å². The van der Waals surface area contributed by atoms with E-state index in [-0.39, 0.29) is 6.79 Å². The molecule has 1 aliphatic heterocycles. The Balaban J connectivity index is 1.62. The van der Waals surface area contributed by atoms with Gasteiger partial charge in [-0.15, -0.1) is 11.3 Å². The van der Waals surface area contributed by atoms with E-state index >= 15 is 0 Å². The van der Waals surface area contributed by atoms with E-state index in [0.29, 0.717) is 6.54 Å². The molecule has 0 atom stereocenters. The van der Waals surface area contributed by atoms with Crippen LogP contribution in [0.4, 0.5) is 5.82 Å². The first-order valence-corrected chi connectivity index (χ1v) is 7.09. The Bertz CT molecular complexity index is 772. The molecule has 0 spiro atoms. The largest absolute Gasteiger partial charge is 0.454 e. The summed E-state index contributed by atoms with van der Waals surface area (Å²) in [4.78, 5) is 9.52. The van der Waals surface area contributed by atoms with Gasteiger partial charge in [-0.3, -0.25) is 0 Å². The predicted octanol–water partition coefficient (Wildman–Crippen LogP) is 3.03. The van der Waals surface area contributed by atoms with Gasteiger partial charge in [-0.2, -0.15) is 0 Å². The minimum atomic E-state index is 0.286. The van der Waals surface area contributed by atoms with E-state index < -0.39 is 0 Å². The average Bonchev–Trinajstić information content (AvgIpc) is 3.13. The van der Waals surface area contributed by atoms with Crippen LogP contribution in [0.3, 0.4) is 0 Å². The van der Waals surface area contributed by atoms with Crippen LogP contribution < -0.4 is 14.8 Å². The molecule has 1 aliphatic rings. The van der Waals surface area contributed by atoms with Gasteiger partial charge in [0.1, 0.15) is 17.0 Å². The second-order valence-electron chi connectivity index (χ2n) is 4.37. The van der Waals surface area contributed by atoms with Crippen LogP contribution in [0.15, 0.2) is 36.0 Å². The fraction of sp³-hybridized carbons (Fsp3) is 0.143. The van der Waals surface area contributed by atoms with Gasteiger partial charge in [0.25, 0.3) is 0 Å². The second-order valence-corrected chi connectivity index (χ2v) is 5.26. The topological polar surface area (TPSA) is 56.3 Å². The molecule has 3 heterocycles. The van der Waals surface area contributed by atoms with Crippen molar-refractivity contribution in [2.45, 2.75) is 6.54 Å². The summed E-state index contributed by atoms with van der Waals surface area (Å²) in [7, 11) is 0. The molecule has 0 saturated heterocycles. The summed E-state index contributed by atoms with van der Waals surface area (Å²) >= 11 is 1.61. The maximum atomic E-state index is 5.50. The molecule has 0 fully saturated rings. The summed E-state index contributed by atoms with van der Waals surface area (Å²) in [5.41, 5.74) is 1.06. The maximum Gasteiger partial charge on any atom is 0.231 e. The highest BCUT2D eigenvalue weighted by molar-refractivity contribution is 7.16. The molecule has 0 unspecified atom stereocenters. The number of nitrogens with one attached hydrogen (secondary N) is 1. The van der Waals surface area contributed by atoms with Gasteiger partial charge >= 0.3 is 0 Å². The Morgan fingerprint density at radius 3 is 3.20 bits per heavy atom. The van der Waals surface area contributed by atoms with Crippen LogP contribution >= 0.6 is 11.3 Å². The van der Waals surface area contributed by atoms with Gasteiger partial charge in [-0.05, 0) is 17.5 Å². The van der Waals surface area contributed by atoms with Crippen molar-refractivity contribution < 1.29 is 9.47 Å². The number of para-hydroxylation sites is 1. The summed E-state index contributed by atoms with van der Waals surface area (Å²) < 4.78 is 10.9. The molecule has 1 aromatic carbocycles. The average molecular weight is 285 g/mol. The molecule has 0 saturated carbocycles. The Kier molecular flexibility index (Phi) is 2.67. The molecule has 100 valence electrons. The smallest absolute Gasteiger partial charge is 0.231 e. The van der Waals surface area contributed by atoms with Crippen LogP contribution in [-0.4, -0.2) is 16.8 Å². The molecule has 0 radical (unpaired) electrons. The highest BCUT2D eigenvalue weighted by Gasteiger charge is 2.17. The van der Waals surface area contributed by atoms with Crippen LogP contribution in [0, 0.1) is 0 Å². The molecule has 1 N–H and O–H groups in total. The van der Waals surface area contributed by atoms with E-state index in [2.05, 4.69) is 15.3 Å². The van der Waals surface area contributed by atoms with Crippen molar-refractivity contribution in [1.82, 2.24) is 9.97 Å². The molecule has 0 bridgehead atoms.